The van der Waals surface area contributed by atoms with E-state index in [4.69, 9.17) is 5.73 Å². The van der Waals surface area contributed by atoms with Crippen molar-refractivity contribution in [3.63, 3.8) is 0 Å². The summed E-state index contributed by atoms with van der Waals surface area (Å²) in [4.78, 5) is 20.5. The van der Waals surface area contributed by atoms with Gasteiger partial charge in [0, 0.05) is 27.2 Å². The number of amides is 1. The Bertz CT molecular complexity index is 484. The van der Waals surface area contributed by atoms with Crippen LogP contribution in [-0.2, 0) is 0 Å². The van der Waals surface area contributed by atoms with Crippen LogP contribution in [0.4, 0.5) is 10.9 Å². The van der Waals surface area contributed by atoms with Crippen LogP contribution in [0.15, 0.2) is 0 Å². The second-order valence-electron chi connectivity index (χ2n) is 5.43. The molecular formula is C12H20N4O2S. The number of piperidine rings is 1. The summed E-state index contributed by atoms with van der Waals surface area (Å²) in [6.07, 6.45) is 1.52. The van der Waals surface area contributed by atoms with Gasteiger partial charge < -0.3 is 20.6 Å². The van der Waals surface area contributed by atoms with Gasteiger partial charge in [-0.25, -0.2) is 4.98 Å². The Morgan fingerprint density at radius 1 is 1.58 bits per heavy atom. The molecule has 1 aromatic heterocycles. The van der Waals surface area contributed by atoms with Crippen LogP contribution >= 0.6 is 11.3 Å². The number of rotatable bonds is 2. The molecule has 0 aliphatic carbocycles. The molecule has 2 heterocycles. The maximum absolute atomic E-state index is 12.4. The molecule has 1 unspecified atom stereocenters. The molecule has 1 aliphatic heterocycles. The van der Waals surface area contributed by atoms with Gasteiger partial charge in [-0.15, -0.1) is 0 Å². The third-order valence-electron chi connectivity index (χ3n) is 3.18. The molecule has 106 valence electrons. The molecule has 0 aromatic carbocycles. The zero-order valence-corrected chi connectivity index (χ0v) is 12.3. The van der Waals surface area contributed by atoms with E-state index >= 15 is 0 Å². The van der Waals surface area contributed by atoms with Crippen LogP contribution in [0, 0.1) is 0 Å². The average Bonchev–Trinajstić information content (AvgIpc) is 2.69. The first-order valence-electron chi connectivity index (χ1n) is 6.25. The van der Waals surface area contributed by atoms with E-state index in [0.29, 0.717) is 23.1 Å². The van der Waals surface area contributed by atoms with Crippen molar-refractivity contribution in [2.24, 2.45) is 0 Å². The van der Waals surface area contributed by atoms with Crippen molar-refractivity contribution in [1.29, 1.82) is 0 Å². The molecule has 1 saturated heterocycles. The van der Waals surface area contributed by atoms with E-state index < -0.39 is 5.60 Å². The molecule has 1 amide bonds. The van der Waals surface area contributed by atoms with Crippen molar-refractivity contribution in [1.82, 2.24) is 9.88 Å². The third-order valence-corrected chi connectivity index (χ3v) is 4.41. The molecule has 0 spiro atoms. The van der Waals surface area contributed by atoms with Gasteiger partial charge in [0.05, 0.1) is 5.60 Å². The highest BCUT2D eigenvalue weighted by Crippen LogP contribution is 2.30. The van der Waals surface area contributed by atoms with E-state index in [-0.39, 0.29) is 11.7 Å². The van der Waals surface area contributed by atoms with Gasteiger partial charge in [-0.05, 0) is 19.8 Å². The molecule has 1 fully saturated rings. The molecule has 1 aliphatic rings. The van der Waals surface area contributed by atoms with E-state index in [1.165, 1.54) is 11.3 Å². The molecule has 0 radical (unpaired) electrons. The molecule has 1 atom stereocenters. The number of aromatic nitrogens is 1. The SMILES string of the molecule is CN(C)c1nc(N)c(C(=O)N2CCCC(C)(O)C2)s1. The Hall–Kier alpha value is -1.34. The van der Waals surface area contributed by atoms with Gasteiger partial charge in [0.25, 0.3) is 5.91 Å². The maximum Gasteiger partial charge on any atom is 0.267 e. The fraction of sp³-hybridized carbons (Fsp3) is 0.667. The predicted octanol–water partition coefficient (Wildman–Crippen LogP) is 0.778. The zero-order chi connectivity index (χ0) is 14.2. The minimum absolute atomic E-state index is 0.136. The van der Waals surface area contributed by atoms with Crippen molar-refractivity contribution >= 4 is 28.2 Å². The topological polar surface area (TPSA) is 82.7 Å². The number of β-amino-alcohol motifs (C(OH)–C–C–N with tert-alkyl or cyclic N) is 1. The highest BCUT2D eigenvalue weighted by Gasteiger charge is 2.33. The fourth-order valence-corrected chi connectivity index (χ4v) is 3.08. The first-order chi connectivity index (χ1) is 8.80. The number of thiazole rings is 1. The van der Waals surface area contributed by atoms with E-state index in [1.54, 1.807) is 11.8 Å². The number of nitrogens with zero attached hydrogens (tertiary/aromatic N) is 3. The minimum Gasteiger partial charge on any atom is -0.388 e. The lowest BCUT2D eigenvalue weighted by Gasteiger charge is -2.36. The van der Waals surface area contributed by atoms with Crippen LogP contribution in [-0.4, -0.2) is 53.7 Å². The fourth-order valence-electron chi connectivity index (χ4n) is 2.20. The summed E-state index contributed by atoms with van der Waals surface area (Å²) >= 11 is 1.29. The number of likely N-dealkylation sites (tertiary alicyclic amines) is 1. The van der Waals surface area contributed by atoms with E-state index in [9.17, 15) is 9.90 Å². The van der Waals surface area contributed by atoms with Crippen molar-refractivity contribution in [3.8, 4) is 0 Å². The van der Waals surface area contributed by atoms with Gasteiger partial charge in [0.15, 0.2) is 5.13 Å². The summed E-state index contributed by atoms with van der Waals surface area (Å²) in [7, 11) is 3.72. The van der Waals surface area contributed by atoms with Gasteiger partial charge in [-0.2, -0.15) is 0 Å². The predicted molar refractivity (Wildman–Crippen MR) is 76.6 cm³/mol. The lowest BCUT2D eigenvalue weighted by molar-refractivity contribution is -0.0105. The van der Waals surface area contributed by atoms with Crippen molar-refractivity contribution < 1.29 is 9.90 Å². The number of nitrogens with two attached hydrogens (primary N) is 1. The summed E-state index contributed by atoms with van der Waals surface area (Å²) < 4.78 is 0. The van der Waals surface area contributed by atoms with Gasteiger partial charge in [-0.1, -0.05) is 11.3 Å². The standard InChI is InChI=1S/C12H20N4O2S/c1-12(18)5-4-6-16(7-12)10(17)8-9(13)14-11(19-8)15(2)3/h18H,4-7,13H2,1-3H3. The molecule has 3 N–H and O–H groups in total. The molecule has 2 rings (SSSR count). The highest BCUT2D eigenvalue weighted by molar-refractivity contribution is 7.18. The number of carbonyl (C=O) groups is 1. The Balaban J connectivity index is 2.19. The van der Waals surface area contributed by atoms with E-state index in [2.05, 4.69) is 4.98 Å². The monoisotopic (exact) mass is 284 g/mol. The molecule has 19 heavy (non-hydrogen) atoms. The molecule has 1 aromatic rings. The normalized spacial score (nSPS) is 23.5. The van der Waals surface area contributed by atoms with Crippen LogP contribution in [0.25, 0.3) is 0 Å². The van der Waals surface area contributed by atoms with Gasteiger partial charge in [-0.3, -0.25) is 4.79 Å². The van der Waals surface area contributed by atoms with Crippen LogP contribution in [0.5, 0.6) is 0 Å². The van der Waals surface area contributed by atoms with Crippen LogP contribution < -0.4 is 10.6 Å². The quantitative estimate of drug-likeness (QED) is 0.838. The third kappa shape index (κ3) is 2.98. The molecule has 0 bridgehead atoms. The zero-order valence-electron chi connectivity index (χ0n) is 11.5. The Labute approximate surface area is 116 Å². The highest BCUT2D eigenvalue weighted by atomic mass is 32.1. The van der Waals surface area contributed by atoms with Gasteiger partial charge in [0.1, 0.15) is 10.7 Å². The average molecular weight is 284 g/mol. The second-order valence-corrected chi connectivity index (χ2v) is 6.41. The molecule has 7 heteroatoms. The minimum atomic E-state index is -0.808. The first-order valence-corrected chi connectivity index (χ1v) is 7.07. The van der Waals surface area contributed by atoms with E-state index in [0.717, 1.165) is 12.8 Å². The Morgan fingerprint density at radius 3 is 2.79 bits per heavy atom. The van der Waals surface area contributed by atoms with Crippen LogP contribution in [0.3, 0.4) is 0 Å². The van der Waals surface area contributed by atoms with Crippen molar-refractivity contribution in [3.05, 3.63) is 4.88 Å². The summed E-state index contributed by atoms with van der Waals surface area (Å²) in [6.45, 7) is 2.76. The van der Waals surface area contributed by atoms with E-state index in [1.807, 2.05) is 19.0 Å². The summed E-state index contributed by atoms with van der Waals surface area (Å²) in [6, 6.07) is 0. The number of hydrogen-bond acceptors (Lipinski definition) is 6. The molecular weight excluding hydrogens is 264 g/mol. The molecule has 6 nitrogen and oxygen atoms in total. The summed E-state index contributed by atoms with van der Waals surface area (Å²) in [5.74, 6) is 0.131. The number of carbonyl (C=O) groups excluding carboxylic acids is 1. The van der Waals surface area contributed by atoms with Gasteiger partial charge in [0.2, 0.25) is 0 Å². The summed E-state index contributed by atoms with van der Waals surface area (Å²) in [5, 5.41) is 10.8. The van der Waals surface area contributed by atoms with Crippen molar-refractivity contribution in [2.75, 3.05) is 37.8 Å². The second kappa shape index (κ2) is 4.97. The first kappa shape index (κ1) is 14.1. The lowest BCUT2D eigenvalue weighted by Crippen LogP contribution is -2.48. The number of aliphatic hydroxyl groups is 1. The largest absolute Gasteiger partial charge is 0.388 e. The number of anilines is 2. The smallest absolute Gasteiger partial charge is 0.267 e. The lowest BCUT2D eigenvalue weighted by atomic mass is 9.95. The van der Waals surface area contributed by atoms with Gasteiger partial charge >= 0.3 is 0 Å². The van der Waals surface area contributed by atoms with Crippen molar-refractivity contribution in [2.45, 2.75) is 25.4 Å². The Morgan fingerprint density at radius 2 is 2.26 bits per heavy atom. The maximum atomic E-state index is 12.4. The number of hydrogen-bond donors (Lipinski definition) is 2. The Kier molecular flexibility index (Phi) is 3.69. The molecule has 0 saturated carbocycles. The van der Waals surface area contributed by atoms with Crippen LogP contribution in [0.2, 0.25) is 0 Å². The van der Waals surface area contributed by atoms with Crippen LogP contribution in [0.1, 0.15) is 29.4 Å². The number of nitrogen functional groups attached to an aromatic ring is 1. The summed E-state index contributed by atoms with van der Waals surface area (Å²) in [5.41, 5.74) is 5.01.